The summed E-state index contributed by atoms with van der Waals surface area (Å²) in [5, 5.41) is 3.04. The number of sulfonamides is 1. The average Bonchev–Trinajstić information content (AvgIpc) is 3.02. The van der Waals surface area contributed by atoms with Gasteiger partial charge in [0, 0.05) is 23.0 Å². The number of aryl methyl sites for hydroxylation is 1. The molecule has 1 atom stereocenters. The van der Waals surface area contributed by atoms with Gasteiger partial charge in [0.1, 0.15) is 18.3 Å². The van der Waals surface area contributed by atoms with Crippen molar-refractivity contribution in [1.29, 1.82) is 0 Å². The number of methoxy groups -OCH3 is 1. The number of anilines is 1. The SMILES string of the molecule is COc1ccc(S(=O)(=O)N(CC(=O)N(Cc2ccc(Br)cc2)[C@H](Cc2ccccc2)C(=O)NC(C)(C)C)c2ccc(C)cc2)cc1Br. The van der Waals surface area contributed by atoms with Gasteiger partial charge in [-0.3, -0.25) is 13.9 Å². The highest BCUT2D eigenvalue weighted by Gasteiger charge is 2.35. The van der Waals surface area contributed by atoms with Gasteiger partial charge in [-0.25, -0.2) is 8.42 Å². The van der Waals surface area contributed by atoms with E-state index in [4.69, 9.17) is 4.74 Å². The fraction of sp³-hybridized carbons (Fsp3) is 0.278. The first-order valence-electron chi connectivity index (χ1n) is 15.0. The largest absolute Gasteiger partial charge is 0.496 e. The molecule has 4 aromatic rings. The minimum atomic E-state index is -4.26. The third-order valence-electron chi connectivity index (χ3n) is 7.35. The Labute approximate surface area is 294 Å². The van der Waals surface area contributed by atoms with Gasteiger partial charge in [0.05, 0.1) is 22.2 Å². The van der Waals surface area contributed by atoms with E-state index in [0.717, 1.165) is 25.5 Å². The van der Waals surface area contributed by atoms with Crippen molar-refractivity contribution in [2.75, 3.05) is 18.0 Å². The van der Waals surface area contributed by atoms with Gasteiger partial charge in [0.2, 0.25) is 11.8 Å². The van der Waals surface area contributed by atoms with Crippen LogP contribution in [0.25, 0.3) is 0 Å². The van der Waals surface area contributed by atoms with Gasteiger partial charge < -0.3 is 15.0 Å². The molecule has 0 radical (unpaired) electrons. The minimum absolute atomic E-state index is 0.0238. The predicted octanol–water partition coefficient (Wildman–Crippen LogP) is 7.28. The van der Waals surface area contributed by atoms with Crippen LogP contribution in [0.2, 0.25) is 0 Å². The number of nitrogens with one attached hydrogen (secondary N) is 1. The molecule has 4 aromatic carbocycles. The molecule has 1 N–H and O–H groups in total. The number of nitrogens with zero attached hydrogens (tertiary/aromatic N) is 2. The van der Waals surface area contributed by atoms with Crippen molar-refractivity contribution in [3.8, 4) is 5.75 Å². The Morgan fingerprint density at radius 2 is 1.51 bits per heavy atom. The number of halogens is 2. The number of carbonyl (C=O) groups is 2. The molecule has 0 aliphatic carbocycles. The fourth-order valence-corrected chi connectivity index (χ4v) is 7.37. The molecule has 0 saturated heterocycles. The molecule has 2 amide bonds. The van der Waals surface area contributed by atoms with Crippen LogP contribution >= 0.6 is 31.9 Å². The second-order valence-corrected chi connectivity index (χ2v) is 15.9. The van der Waals surface area contributed by atoms with Crippen molar-refractivity contribution < 1.29 is 22.7 Å². The van der Waals surface area contributed by atoms with Gasteiger partial charge in [0.15, 0.2) is 0 Å². The summed E-state index contributed by atoms with van der Waals surface area (Å²) in [6.07, 6.45) is 0.230. The molecule has 0 aliphatic heterocycles. The van der Waals surface area contributed by atoms with Crippen LogP contribution < -0.4 is 14.4 Å². The molecule has 248 valence electrons. The maximum absolute atomic E-state index is 14.6. The summed E-state index contributed by atoms with van der Waals surface area (Å²) in [6.45, 7) is 7.07. The zero-order valence-electron chi connectivity index (χ0n) is 27.0. The summed E-state index contributed by atoms with van der Waals surface area (Å²) in [4.78, 5) is 30.1. The predicted molar refractivity (Wildman–Crippen MR) is 193 cm³/mol. The molecule has 0 aromatic heterocycles. The van der Waals surface area contributed by atoms with Crippen LogP contribution in [0.5, 0.6) is 5.75 Å². The van der Waals surface area contributed by atoms with E-state index in [-0.39, 0.29) is 23.8 Å². The Bertz CT molecular complexity index is 1790. The van der Waals surface area contributed by atoms with Gasteiger partial charge in [-0.2, -0.15) is 0 Å². The Hall–Kier alpha value is -3.67. The Morgan fingerprint density at radius 1 is 0.872 bits per heavy atom. The monoisotopic (exact) mass is 783 g/mol. The highest BCUT2D eigenvalue weighted by Crippen LogP contribution is 2.31. The van der Waals surface area contributed by atoms with Crippen LogP contribution in [0.1, 0.15) is 37.5 Å². The smallest absolute Gasteiger partial charge is 0.264 e. The van der Waals surface area contributed by atoms with Crippen molar-refractivity contribution >= 4 is 59.4 Å². The zero-order valence-corrected chi connectivity index (χ0v) is 31.0. The molecule has 4 rings (SSSR count). The number of ether oxygens (including phenoxy) is 1. The summed E-state index contributed by atoms with van der Waals surface area (Å²) >= 11 is 6.85. The Balaban J connectivity index is 1.82. The summed E-state index contributed by atoms with van der Waals surface area (Å²) in [7, 11) is -2.77. The maximum Gasteiger partial charge on any atom is 0.264 e. The van der Waals surface area contributed by atoms with Crippen LogP contribution in [0, 0.1) is 6.92 Å². The summed E-state index contributed by atoms with van der Waals surface area (Å²) in [5.74, 6) is -0.401. The quantitative estimate of drug-likeness (QED) is 0.163. The first kappa shape index (κ1) is 36.2. The number of benzene rings is 4. The van der Waals surface area contributed by atoms with Gasteiger partial charge in [-0.15, -0.1) is 0 Å². The van der Waals surface area contributed by atoms with Crippen molar-refractivity contribution in [1.82, 2.24) is 10.2 Å². The van der Waals surface area contributed by atoms with Crippen LogP contribution in [0.3, 0.4) is 0 Å². The van der Waals surface area contributed by atoms with Gasteiger partial charge in [-0.05, 0) is 97.2 Å². The van der Waals surface area contributed by atoms with E-state index >= 15 is 0 Å². The van der Waals surface area contributed by atoms with E-state index in [9.17, 15) is 18.0 Å². The molecule has 0 saturated carbocycles. The number of hydrogen-bond donors (Lipinski definition) is 1. The first-order chi connectivity index (χ1) is 22.2. The van der Waals surface area contributed by atoms with Crippen molar-refractivity contribution in [2.45, 2.75) is 57.1 Å². The minimum Gasteiger partial charge on any atom is -0.496 e. The molecular formula is C36H39Br2N3O5S. The molecule has 0 unspecified atom stereocenters. The molecule has 0 heterocycles. The van der Waals surface area contributed by atoms with Crippen molar-refractivity contribution in [3.63, 3.8) is 0 Å². The molecule has 0 aliphatic rings. The van der Waals surface area contributed by atoms with Gasteiger partial charge in [0.25, 0.3) is 10.0 Å². The third kappa shape index (κ3) is 9.68. The second-order valence-electron chi connectivity index (χ2n) is 12.2. The summed E-state index contributed by atoms with van der Waals surface area (Å²) in [5.41, 5.74) is 2.33. The number of rotatable bonds is 12. The molecule has 0 fully saturated rings. The average molecular weight is 786 g/mol. The van der Waals surface area contributed by atoms with E-state index in [1.807, 2.05) is 82.3 Å². The van der Waals surface area contributed by atoms with Gasteiger partial charge in [-0.1, -0.05) is 76.1 Å². The van der Waals surface area contributed by atoms with Crippen LogP contribution in [0.4, 0.5) is 5.69 Å². The van der Waals surface area contributed by atoms with E-state index < -0.39 is 34.1 Å². The molecule has 11 heteroatoms. The third-order valence-corrected chi connectivity index (χ3v) is 10.3. The molecule has 0 spiro atoms. The van der Waals surface area contributed by atoms with E-state index in [2.05, 4.69) is 37.2 Å². The van der Waals surface area contributed by atoms with E-state index in [1.165, 1.54) is 24.1 Å². The van der Waals surface area contributed by atoms with E-state index in [1.54, 1.807) is 30.3 Å². The van der Waals surface area contributed by atoms with E-state index in [0.29, 0.717) is 15.9 Å². The maximum atomic E-state index is 14.6. The molecule has 47 heavy (non-hydrogen) atoms. The number of amides is 2. The summed E-state index contributed by atoms with van der Waals surface area (Å²) < 4.78 is 36.4. The number of carbonyl (C=O) groups excluding carboxylic acids is 2. The normalized spacial score (nSPS) is 12.2. The van der Waals surface area contributed by atoms with Crippen molar-refractivity contribution in [2.24, 2.45) is 0 Å². The van der Waals surface area contributed by atoms with Crippen molar-refractivity contribution in [3.05, 3.63) is 123 Å². The zero-order chi connectivity index (χ0) is 34.4. The highest BCUT2D eigenvalue weighted by molar-refractivity contribution is 9.10. The standard InChI is InChI=1S/C36H39Br2N3O5S/c1-25-11-17-29(18-12-25)41(47(44,45)30-19-20-33(46-5)31(38)22-30)24-34(42)40(23-27-13-15-28(37)16-14-27)32(35(43)39-36(2,3)4)21-26-9-7-6-8-10-26/h6-20,22,32H,21,23-24H2,1-5H3,(H,39,43)/t32-/m1/s1. The lowest BCUT2D eigenvalue weighted by Gasteiger charge is -2.35. The number of hydrogen-bond acceptors (Lipinski definition) is 5. The molecule has 0 bridgehead atoms. The first-order valence-corrected chi connectivity index (χ1v) is 18.0. The topological polar surface area (TPSA) is 96.0 Å². The molecule has 8 nitrogen and oxygen atoms in total. The Kier molecular flexibility index (Phi) is 11.9. The fourth-order valence-electron chi connectivity index (χ4n) is 4.97. The lowest BCUT2D eigenvalue weighted by atomic mass is 10.0. The second kappa shape index (κ2) is 15.5. The van der Waals surface area contributed by atoms with Crippen LogP contribution in [-0.4, -0.2) is 50.4 Å². The van der Waals surface area contributed by atoms with Crippen LogP contribution in [0.15, 0.2) is 111 Å². The van der Waals surface area contributed by atoms with Gasteiger partial charge >= 0.3 is 0 Å². The lowest BCUT2D eigenvalue weighted by molar-refractivity contribution is -0.140. The lowest BCUT2D eigenvalue weighted by Crippen LogP contribution is -2.56. The molecular weight excluding hydrogens is 746 g/mol. The summed E-state index contributed by atoms with van der Waals surface area (Å²) in [6, 6.07) is 27.4. The Morgan fingerprint density at radius 3 is 2.09 bits per heavy atom. The highest BCUT2D eigenvalue weighted by atomic mass is 79.9. The van der Waals surface area contributed by atoms with Crippen LogP contribution in [-0.2, 0) is 32.6 Å².